The molecule has 1 nitrogen and oxygen atoms in total. The fraction of sp³-hybridized carbons (Fsp3) is 0.571. The van der Waals surface area contributed by atoms with Crippen molar-refractivity contribution >= 4 is 15.9 Å². The molecule has 0 saturated carbocycles. The van der Waals surface area contributed by atoms with Crippen molar-refractivity contribution in [2.45, 2.75) is 33.6 Å². The molecule has 0 saturated heterocycles. The Morgan fingerprint density at radius 3 is 2.59 bits per heavy atom. The highest BCUT2D eigenvalue weighted by atomic mass is 79.9. The maximum atomic E-state index is 13.3. The zero-order valence-corrected chi connectivity index (χ0v) is 12.4. The summed E-state index contributed by atoms with van der Waals surface area (Å²) in [5.41, 5.74) is 1.18. The lowest BCUT2D eigenvalue weighted by Gasteiger charge is -2.25. The Labute approximate surface area is 112 Å². The van der Waals surface area contributed by atoms with Crippen LogP contribution < -0.4 is 5.32 Å². The highest BCUT2D eigenvalue weighted by Gasteiger charge is 2.18. The van der Waals surface area contributed by atoms with Gasteiger partial charge in [0.1, 0.15) is 5.82 Å². The van der Waals surface area contributed by atoms with Crippen LogP contribution in [-0.4, -0.2) is 13.1 Å². The molecule has 0 heterocycles. The molecule has 0 unspecified atom stereocenters. The molecule has 0 bridgehead atoms. The lowest BCUT2D eigenvalue weighted by Crippen LogP contribution is -2.31. The molecular formula is C14H21BrFN. The van der Waals surface area contributed by atoms with Gasteiger partial charge >= 0.3 is 0 Å². The Bertz CT molecular complexity index is 343. The van der Waals surface area contributed by atoms with Gasteiger partial charge < -0.3 is 5.32 Å². The number of nitrogens with one attached hydrogen (secondary N) is 1. The molecule has 17 heavy (non-hydrogen) atoms. The summed E-state index contributed by atoms with van der Waals surface area (Å²) >= 11 is 3.33. The van der Waals surface area contributed by atoms with Crippen molar-refractivity contribution in [1.82, 2.24) is 5.32 Å². The zero-order valence-electron chi connectivity index (χ0n) is 10.8. The smallest absolute Gasteiger partial charge is 0.124 e. The van der Waals surface area contributed by atoms with Crippen LogP contribution in [0, 0.1) is 11.2 Å². The molecule has 1 N–H and O–H groups in total. The minimum absolute atomic E-state index is 0.141. The first kappa shape index (κ1) is 14.7. The Kier molecular flexibility index (Phi) is 5.60. The van der Waals surface area contributed by atoms with E-state index < -0.39 is 0 Å². The second-order valence-corrected chi connectivity index (χ2v) is 6.21. The summed E-state index contributed by atoms with van der Waals surface area (Å²) in [6, 6.07) is 5.10. The SMILES string of the molecule is CCCNCC(C)(C)Cc1cc(F)cc(Br)c1. The van der Waals surface area contributed by atoms with Crippen LogP contribution in [0.15, 0.2) is 22.7 Å². The van der Waals surface area contributed by atoms with Crippen LogP contribution in [0.1, 0.15) is 32.8 Å². The van der Waals surface area contributed by atoms with Crippen LogP contribution >= 0.6 is 15.9 Å². The van der Waals surface area contributed by atoms with Crippen molar-refractivity contribution in [3.8, 4) is 0 Å². The van der Waals surface area contributed by atoms with Gasteiger partial charge in [0.25, 0.3) is 0 Å². The van der Waals surface area contributed by atoms with E-state index in [1.54, 1.807) is 6.07 Å². The minimum Gasteiger partial charge on any atom is -0.316 e. The van der Waals surface area contributed by atoms with E-state index in [2.05, 4.69) is 42.0 Å². The van der Waals surface area contributed by atoms with Crippen molar-refractivity contribution in [2.24, 2.45) is 5.41 Å². The van der Waals surface area contributed by atoms with E-state index in [9.17, 15) is 4.39 Å². The number of benzene rings is 1. The van der Waals surface area contributed by atoms with Crippen LogP contribution in [0.5, 0.6) is 0 Å². The van der Waals surface area contributed by atoms with Gasteiger partial charge in [-0.1, -0.05) is 36.7 Å². The quantitative estimate of drug-likeness (QED) is 0.778. The van der Waals surface area contributed by atoms with E-state index in [1.807, 2.05) is 6.07 Å². The van der Waals surface area contributed by atoms with E-state index in [0.29, 0.717) is 0 Å². The summed E-state index contributed by atoms with van der Waals surface area (Å²) in [6.45, 7) is 8.55. The van der Waals surface area contributed by atoms with E-state index in [0.717, 1.165) is 36.0 Å². The first-order chi connectivity index (χ1) is 7.93. The standard InChI is InChI=1S/C14H21BrFN/c1-4-5-17-10-14(2,3)9-11-6-12(15)8-13(16)7-11/h6-8,17H,4-5,9-10H2,1-3H3. The fourth-order valence-electron chi connectivity index (χ4n) is 1.93. The van der Waals surface area contributed by atoms with Crippen LogP contribution in [0.3, 0.4) is 0 Å². The highest BCUT2D eigenvalue weighted by molar-refractivity contribution is 9.10. The summed E-state index contributed by atoms with van der Waals surface area (Å²) in [5.74, 6) is -0.174. The van der Waals surface area contributed by atoms with Gasteiger partial charge in [-0.05, 0) is 48.6 Å². The third-order valence-corrected chi connectivity index (χ3v) is 3.09. The summed E-state index contributed by atoms with van der Waals surface area (Å²) in [4.78, 5) is 0. The molecule has 3 heteroatoms. The van der Waals surface area contributed by atoms with Gasteiger partial charge in [-0.25, -0.2) is 4.39 Å². The summed E-state index contributed by atoms with van der Waals surface area (Å²) in [6.07, 6.45) is 2.02. The number of hydrogen-bond donors (Lipinski definition) is 1. The van der Waals surface area contributed by atoms with Crippen LogP contribution in [-0.2, 0) is 6.42 Å². The van der Waals surface area contributed by atoms with Gasteiger partial charge in [-0.15, -0.1) is 0 Å². The third kappa shape index (κ3) is 5.64. The average molecular weight is 302 g/mol. The first-order valence-corrected chi connectivity index (χ1v) is 6.88. The zero-order chi connectivity index (χ0) is 12.9. The van der Waals surface area contributed by atoms with Gasteiger partial charge in [0, 0.05) is 11.0 Å². The van der Waals surface area contributed by atoms with Gasteiger partial charge in [-0.3, -0.25) is 0 Å². The summed E-state index contributed by atoms with van der Waals surface area (Å²) in [5, 5.41) is 3.42. The predicted octanol–water partition coefficient (Wildman–Crippen LogP) is 4.16. The highest BCUT2D eigenvalue weighted by Crippen LogP contribution is 2.24. The van der Waals surface area contributed by atoms with E-state index in [-0.39, 0.29) is 11.2 Å². The molecule has 96 valence electrons. The van der Waals surface area contributed by atoms with Crippen LogP contribution in [0.25, 0.3) is 0 Å². The maximum absolute atomic E-state index is 13.3. The van der Waals surface area contributed by atoms with Crippen LogP contribution in [0.2, 0.25) is 0 Å². The molecular weight excluding hydrogens is 281 g/mol. The average Bonchev–Trinajstić information content (AvgIpc) is 2.14. The van der Waals surface area contributed by atoms with Crippen LogP contribution in [0.4, 0.5) is 4.39 Å². The topological polar surface area (TPSA) is 12.0 Å². The molecule has 1 rings (SSSR count). The third-order valence-electron chi connectivity index (χ3n) is 2.64. The van der Waals surface area contributed by atoms with E-state index >= 15 is 0 Å². The summed E-state index contributed by atoms with van der Waals surface area (Å²) < 4.78 is 14.1. The monoisotopic (exact) mass is 301 g/mol. The minimum atomic E-state index is -0.174. The Morgan fingerprint density at radius 2 is 2.00 bits per heavy atom. The molecule has 0 amide bonds. The Morgan fingerprint density at radius 1 is 1.29 bits per heavy atom. The lowest BCUT2D eigenvalue weighted by molar-refractivity contribution is 0.338. The molecule has 0 fully saturated rings. The second kappa shape index (κ2) is 6.50. The van der Waals surface area contributed by atoms with Gasteiger partial charge in [0.2, 0.25) is 0 Å². The second-order valence-electron chi connectivity index (χ2n) is 5.30. The molecule has 0 aromatic heterocycles. The maximum Gasteiger partial charge on any atom is 0.124 e. The number of rotatable bonds is 6. The molecule has 0 atom stereocenters. The fourth-order valence-corrected chi connectivity index (χ4v) is 2.44. The van der Waals surface area contributed by atoms with Gasteiger partial charge in [-0.2, -0.15) is 0 Å². The van der Waals surface area contributed by atoms with Crippen molar-refractivity contribution in [3.63, 3.8) is 0 Å². The van der Waals surface area contributed by atoms with Crippen molar-refractivity contribution < 1.29 is 4.39 Å². The van der Waals surface area contributed by atoms with Gasteiger partial charge in [0.05, 0.1) is 0 Å². The molecule has 0 spiro atoms. The number of halogens is 2. The Balaban J connectivity index is 2.62. The van der Waals surface area contributed by atoms with E-state index in [1.165, 1.54) is 6.07 Å². The summed E-state index contributed by atoms with van der Waals surface area (Å²) in [7, 11) is 0. The van der Waals surface area contributed by atoms with Crippen molar-refractivity contribution in [1.29, 1.82) is 0 Å². The largest absolute Gasteiger partial charge is 0.316 e. The molecule has 1 aromatic carbocycles. The van der Waals surface area contributed by atoms with Gasteiger partial charge in [0.15, 0.2) is 0 Å². The molecule has 0 aliphatic heterocycles. The first-order valence-electron chi connectivity index (χ1n) is 6.08. The number of hydrogen-bond acceptors (Lipinski definition) is 1. The van der Waals surface area contributed by atoms with Crippen molar-refractivity contribution in [3.05, 3.63) is 34.1 Å². The normalized spacial score (nSPS) is 11.8. The molecule has 0 radical (unpaired) electrons. The molecule has 0 aliphatic rings. The Hall–Kier alpha value is -0.410. The van der Waals surface area contributed by atoms with Crippen molar-refractivity contribution in [2.75, 3.05) is 13.1 Å². The molecule has 1 aromatic rings. The van der Waals surface area contributed by atoms with E-state index in [4.69, 9.17) is 0 Å². The molecule has 0 aliphatic carbocycles. The predicted molar refractivity (Wildman–Crippen MR) is 74.7 cm³/mol. The lowest BCUT2D eigenvalue weighted by atomic mass is 9.85.